The van der Waals surface area contributed by atoms with Gasteiger partial charge in [-0.1, -0.05) is 0 Å². The summed E-state index contributed by atoms with van der Waals surface area (Å²) in [6, 6.07) is 8.60. The first-order chi connectivity index (χ1) is 9.90. The summed E-state index contributed by atoms with van der Waals surface area (Å²) >= 11 is 0. The van der Waals surface area contributed by atoms with Crippen LogP contribution in [0.5, 0.6) is 5.75 Å². The molecule has 0 radical (unpaired) electrons. The van der Waals surface area contributed by atoms with E-state index in [1.165, 1.54) is 0 Å². The Balaban J connectivity index is 2.11. The molecule has 21 heavy (non-hydrogen) atoms. The van der Waals surface area contributed by atoms with E-state index in [4.69, 9.17) is 14.7 Å². The van der Waals surface area contributed by atoms with Gasteiger partial charge in [0.15, 0.2) is 0 Å². The molecule has 0 bridgehead atoms. The Morgan fingerprint density at radius 3 is 2.62 bits per heavy atom. The van der Waals surface area contributed by atoms with Crippen LogP contribution in [0.2, 0.25) is 0 Å². The maximum Gasteiger partial charge on any atom is 0.255 e. The number of rotatable bonds is 2. The monoisotopic (exact) mass is 288 g/mol. The molecule has 1 fully saturated rings. The summed E-state index contributed by atoms with van der Waals surface area (Å²) in [5, 5.41) is 9.09. The molecule has 0 saturated carbocycles. The quantitative estimate of drug-likeness (QED) is 0.837. The van der Waals surface area contributed by atoms with E-state index in [2.05, 4.69) is 6.07 Å². The van der Waals surface area contributed by atoms with Crippen molar-refractivity contribution in [2.75, 3.05) is 19.8 Å². The molecule has 1 saturated heterocycles. The molecule has 1 atom stereocenters. The highest BCUT2D eigenvalue weighted by molar-refractivity contribution is 5.94. The van der Waals surface area contributed by atoms with Crippen LogP contribution in [0, 0.1) is 11.3 Å². The molecule has 0 aromatic heterocycles. The largest absolute Gasteiger partial charge is 0.488 e. The topological polar surface area (TPSA) is 62.6 Å². The number of hydrogen-bond acceptors (Lipinski definition) is 4. The van der Waals surface area contributed by atoms with Crippen molar-refractivity contribution in [2.45, 2.75) is 32.4 Å². The highest BCUT2D eigenvalue weighted by Gasteiger charge is 2.27. The minimum atomic E-state index is -0.517. The fourth-order valence-corrected chi connectivity index (χ4v) is 2.14. The smallest absolute Gasteiger partial charge is 0.255 e. The number of morpholine rings is 1. The SMILES string of the molecule is CC(C)(C)Oc1ccc(C(=O)N2CCOCC2C#N)cc1. The van der Waals surface area contributed by atoms with E-state index in [-0.39, 0.29) is 18.1 Å². The van der Waals surface area contributed by atoms with E-state index in [0.29, 0.717) is 18.7 Å². The first-order valence-electron chi connectivity index (χ1n) is 6.98. The van der Waals surface area contributed by atoms with Crippen LogP contribution in [-0.4, -0.2) is 42.2 Å². The number of hydrogen-bond donors (Lipinski definition) is 0. The van der Waals surface area contributed by atoms with Crippen molar-refractivity contribution in [1.29, 1.82) is 5.26 Å². The first kappa shape index (κ1) is 15.3. The fourth-order valence-electron chi connectivity index (χ4n) is 2.14. The predicted molar refractivity (Wildman–Crippen MR) is 78.1 cm³/mol. The van der Waals surface area contributed by atoms with Gasteiger partial charge < -0.3 is 14.4 Å². The Labute approximate surface area is 125 Å². The second-order valence-corrected chi connectivity index (χ2v) is 5.96. The van der Waals surface area contributed by atoms with Gasteiger partial charge in [-0.15, -0.1) is 0 Å². The van der Waals surface area contributed by atoms with E-state index >= 15 is 0 Å². The summed E-state index contributed by atoms with van der Waals surface area (Å²) in [5.74, 6) is 0.574. The van der Waals surface area contributed by atoms with Gasteiger partial charge in [-0.2, -0.15) is 5.26 Å². The Bertz CT molecular complexity index is 540. The van der Waals surface area contributed by atoms with Crippen molar-refractivity contribution in [3.63, 3.8) is 0 Å². The Kier molecular flexibility index (Phi) is 4.49. The van der Waals surface area contributed by atoms with Gasteiger partial charge >= 0.3 is 0 Å². The van der Waals surface area contributed by atoms with Gasteiger partial charge in [0.25, 0.3) is 5.91 Å². The minimum absolute atomic E-state index is 0.146. The normalized spacial score (nSPS) is 19.0. The zero-order valence-electron chi connectivity index (χ0n) is 12.6. The Hall–Kier alpha value is -2.06. The van der Waals surface area contributed by atoms with Gasteiger partial charge in [-0.05, 0) is 45.0 Å². The zero-order valence-corrected chi connectivity index (χ0v) is 12.6. The van der Waals surface area contributed by atoms with Gasteiger partial charge in [-0.3, -0.25) is 4.79 Å². The summed E-state index contributed by atoms with van der Waals surface area (Å²) in [6.07, 6.45) is 0. The molecule has 1 unspecified atom stereocenters. The number of nitrogens with zero attached hydrogens (tertiary/aromatic N) is 2. The third-order valence-corrected chi connectivity index (χ3v) is 3.06. The average molecular weight is 288 g/mol. The molecule has 1 heterocycles. The molecule has 112 valence electrons. The van der Waals surface area contributed by atoms with E-state index in [9.17, 15) is 4.79 Å². The van der Waals surface area contributed by atoms with Crippen molar-refractivity contribution < 1.29 is 14.3 Å². The fraction of sp³-hybridized carbons (Fsp3) is 0.500. The van der Waals surface area contributed by atoms with Crippen LogP contribution in [0.25, 0.3) is 0 Å². The van der Waals surface area contributed by atoms with Gasteiger partial charge in [0.05, 0.1) is 19.3 Å². The van der Waals surface area contributed by atoms with Crippen LogP contribution in [-0.2, 0) is 4.74 Å². The lowest BCUT2D eigenvalue weighted by atomic mass is 10.1. The Morgan fingerprint density at radius 1 is 1.38 bits per heavy atom. The summed E-state index contributed by atoms with van der Waals surface area (Å²) in [7, 11) is 0. The lowest BCUT2D eigenvalue weighted by molar-refractivity contribution is 0.0132. The molecule has 1 aliphatic rings. The maximum absolute atomic E-state index is 12.4. The molecule has 0 spiro atoms. The Morgan fingerprint density at radius 2 is 2.05 bits per heavy atom. The second-order valence-electron chi connectivity index (χ2n) is 5.96. The molecular weight excluding hydrogens is 268 g/mol. The first-order valence-corrected chi connectivity index (χ1v) is 6.98. The molecule has 5 heteroatoms. The van der Waals surface area contributed by atoms with Gasteiger partial charge in [0.1, 0.15) is 17.4 Å². The predicted octanol–water partition coefficient (Wildman–Crippen LogP) is 2.23. The van der Waals surface area contributed by atoms with Gasteiger partial charge in [-0.25, -0.2) is 0 Å². The number of amides is 1. The molecule has 0 aliphatic carbocycles. The van der Waals surface area contributed by atoms with Crippen LogP contribution >= 0.6 is 0 Å². The molecule has 1 amide bonds. The van der Waals surface area contributed by atoms with Crippen molar-refractivity contribution in [1.82, 2.24) is 4.90 Å². The average Bonchev–Trinajstić information content (AvgIpc) is 2.45. The molecule has 1 aromatic rings. The highest BCUT2D eigenvalue weighted by atomic mass is 16.5. The molecule has 2 rings (SSSR count). The van der Waals surface area contributed by atoms with Crippen molar-refractivity contribution in [3.05, 3.63) is 29.8 Å². The lowest BCUT2D eigenvalue weighted by Crippen LogP contribution is -2.47. The summed E-state index contributed by atoms with van der Waals surface area (Å²) in [5.41, 5.74) is 0.278. The number of benzene rings is 1. The van der Waals surface area contributed by atoms with Crippen LogP contribution in [0.4, 0.5) is 0 Å². The van der Waals surface area contributed by atoms with Crippen LogP contribution in [0.3, 0.4) is 0 Å². The summed E-state index contributed by atoms with van der Waals surface area (Å²) in [4.78, 5) is 14.0. The van der Waals surface area contributed by atoms with Crippen molar-refractivity contribution in [2.24, 2.45) is 0 Å². The molecule has 1 aromatic carbocycles. The van der Waals surface area contributed by atoms with Crippen LogP contribution in [0.1, 0.15) is 31.1 Å². The van der Waals surface area contributed by atoms with E-state index in [0.717, 1.165) is 5.75 Å². The van der Waals surface area contributed by atoms with Gasteiger partial charge in [0, 0.05) is 12.1 Å². The van der Waals surface area contributed by atoms with E-state index < -0.39 is 6.04 Å². The van der Waals surface area contributed by atoms with E-state index in [1.54, 1.807) is 29.2 Å². The summed E-state index contributed by atoms with van der Waals surface area (Å²) < 4.78 is 11.0. The third kappa shape index (κ3) is 3.96. The number of carbonyl (C=O) groups is 1. The van der Waals surface area contributed by atoms with E-state index in [1.807, 2.05) is 20.8 Å². The zero-order chi connectivity index (χ0) is 15.5. The van der Waals surface area contributed by atoms with Crippen LogP contribution < -0.4 is 4.74 Å². The molecule has 1 aliphatic heterocycles. The van der Waals surface area contributed by atoms with Crippen molar-refractivity contribution in [3.8, 4) is 11.8 Å². The number of ether oxygens (including phenoxy) is 2. The summed E-state index contributed by atoms with van der Waals surface area (Å²) in [6.45, 7) is 7.09. The van der Waals surface area contributed by atoms with Crippen molar-refractivity contribution >= 4 is 5.91 Å². The molecule has 5 nitrogen and oxygen atoms in total. The minimum Gasteiger partial charge on any atom is -0.488 e. The van der Waals surface area contributed by atoms with Crippen LogP contribution in [0.15, 0.2) is 24.3 Å². The number of nitriles is 1. The molecule has 0 N–H and O–H groups in total. The second kappa shape index (κ2) is 6.15. The van der Waals surface area contributed by atoms with Gasteiger partial charge in [0.2, 0.25) is 0 Å². The standard InChI is InChI=1S/C16H20N2O3/c1-16(2,3)21-14-6-4-12(5-7-14)15(19)18-8-9-20-11-13(18)10-17/h4-7,13H,8-9,11H2,1-3H3. The lowest BCUT2D eigenvalue weighted by Gasteiger charge is -2.31. The highest BCUT2D eigenvalue weighted by Crippen LogP contribution is 2.20. The molecular formula is C16H20N2O3. The maximum atomic E-state index is 12.4. The third-order valence-electron chi connectivity index (χ3n) is 3.06. The number of carbonyl (C=O) groups excluding carboxylic acids is 1.